The lowest BCUT2D eigenvalue weighted by Crippen LogP contribution is -2.22. The highest BCUT2D eigenvalue weighted by atomic mass is 16.4. The number of aliphatic carboxylic acids is 1. The highest BCUT2D eigenvalue weighted by molar-refractivity contribution is 6.07. The molecule has 4 rings (SSSR count). The molecule has 2 N–H and O–H groups in total. The molecule has 1 saturated carbocycles. The number of carbonyl (C=O) groups is 2. The Morgan fingerprint density at radius 1 is 1.20 bits per heavy atom. The molecule has 6 nitrogen and oxygen atoms in total. The van der Waals surface area contributed by atoms with Crippen molar-refractivity contribution in [3.8, 4) is 0 Å². The van der Waals surface area contributed by atoms with E-state index in [1.165, 1.54) is 0 Å². The molecule has 3 aromatic rings. The van der Waals surface area contributed by atoms with E-state index in [2.05, 4.69) is 10.4 Å². The maximum atomic E-state index is 12.6. The Morgan fingerprint density at radius 3 is 2.68 bits per heavy atom. The van der Waals surface area contributed by atoms with Crippen LogP contribution in [0.5, 0.6) is 0 Å². The van der Waals surface area contributed by atoms with E-state index in [1.54, 1.807) is 41.1 Å². The van der Waals surface area contributed by atoms with Crippen LogP contribution >= 0.6 is 0 Å². The monoisotopic (exact) mass is 335 g/mol. The molecule has 6 heteroatoms. The summed E-state index contributed by atoms with van der Waals surface area (Å²) >= 11 is 0. The van der Waals surface area contributed by atoms with Gasteiger partial charge in [0.2, 0.25) is 0 Å². The van der Waals surface area contributed by atoms with Crippen molar-refractivity contribution in [1.29, 1.82) is 0 Å². The molecule has 1 fully saturated rings. The van der Waals surface area contributed by atoms with Gasteiger partial charge in [0.05, 0.1) is 10.9 Å². The number of carboxylic acids is 1. The van der Waals surface area contributed by atoms with Crippen LogP contribution in [0, 0.1) is 0 Å². The van der Waals surface area contributed by atoms with Crippen LogP contribution in [-0.4, -0.2) is 26.8 Å². The Labute approximate surface area is 144 Å². The second kappa shape index (κ2) is 5.44. The quantitative estimate of drug-likeness (QED) is 0.768. The van der Waals surface area contributed by atoms with Crippen LogP contribution in [-0.2, 0) is 17.3 Å². The summed E-state index contributed by atoms with van der Waals surface area (Å²) in [5.74, 6) is -1.12. The first-order valence-electron chi connectivity index (χ1n) is 8.07. The van der Waals surface area contributed by atoms with E-state index in [0.717, 1.165) is 10.9 Å². The minimum atomic E-state index is -0.866. The van der Waals surface area contributed by atoms with Crippen LogP contribution in [0.1, 0.15) is 28.8 Å². The molecule has 2 aromatic carbocycles. The number of nitrogens with zero attached hydrogens (tertiary/aromatic N) is 2. The van der Waals surface area contributed by atoms with Gasteiger partial charge in [-0.2, -0.15) is 5.10 Å². The van der Waals surface area contributed by atoms with Gasteiger partial charge in [-0.25, -0.2) is 0 Å². The Morgan fingerprint density at radius 2 is 1.96 bits per heavy atom. The van der Waals surface area contributed by atoms with Crippen LogP contribution in [0.25, 0.3) is 10.9 Å². The highest BCUT2D eigenvalue weighted by Crippen LogP contribution is 2.50. The van der Waals surface area contributed by atoms with Gasteiger partial charge in [-0.1, -0.05) is 24.3 Å². The summed E-state index contributed by atoms with van der Waals surface area (Å²) in [6.07, 6.45) is 3.07. The molecule has 0 spiro atoms. The summed E-state index contributed by atoms with van der Waals surface area (Å²) in [4.78, 5) is 24.3. The van der Waals surface area contributed by atoms with Crippen molar-refractivity contribution in [3.63, 3.8) is 0 Å². The van der Waals surface area contributed by atoms with E-state index in [4.69, 9.17) is 0 Å². The van der Waals surface area contributed by atoms with E-state index in [-0.39, 0.29) is 5.91 Å². The third-order valence-electron chi connectivity index (χ3n) is 4.73. The molecule has 126 valence electrons. The number of fused-ring (bicyclic) bond motifs is 1. The van der Waals surface area contributed by atoms with Gasteiger partial charge in [0.15, 0.2) is 0 Å². The van der Waals surface area contributed by atoms with E-state index in [1.807, 2.05) is 19.3 Å². The van der Waals surface area contributed by atoms with Gasteiger partial charge in [0.25, 0.3) is 5.91 Å². The van der Waals surface area contributed by atoms with Gasteiger partial charge >= 0.3 is 5.97 Å². The second-order valence-electron chi connectivity index (χ2n) is 6.46. The second-order valence-corrected chi connectivity index (χ2v) is 6.46. The lowest BCUT2D eigenvalue weighted by atomic mass is 9.94. The number of para-hydroxylation sites is 1. The average Bonchev–Trinajstić information content (AvgIpc) is 3.31. The van der Waals surface area contributed by atoms with Crippen molar-refractivity contribution >= 4 is 28.5 Å². The smallest absolute Gasteiger partial charge is 0.314 e. The van der Waals surface area contributed by atoms with E-state index >= 15 is 0 Å². The van der Waals surface area contributed by atoms with Crippen molar-refractivity contribution in [1.82, 2.24) is 9.78 Å². The number of aryl methyl sites for hydroxylation is 1. The summed E-state index contributed by atoms with van der Waals surface area (Å²) in [5, 5.41) is 17.7. The third-order valence-corrected chi connectivity index (χ3v) is 4.73. The van der Waals surface area contributed by atoms with Gasteiger partial charge < -0.3 is 10.4 Å². The molecule has 0 unspecified atom stereocenters. The number of hydrogen-bond donors (Lipinski definition) is 2. The average molecular weight is 335 g/mol. The summed E-state index contributed by atoms with van der Waals surface area (Å²) < 4.78 is 1.70. The molecule has 1 aromatic heterocycles. The zero-order valence-electron chi connectivity index (χ0n) is 13.7. The number of benzene rings is 2. The maximum Gasteiger partial charge on any atom is 0.314 e. The van der Waals surface area contributed by atoms with Crippen LogP contribution in [0.15, 0.2) is 48.7 Å². The van der Waals surface area contributed by atoms with Gasteiger partial charge in [-0.05, 0) is 36.6 Å². The summed E-state index contributed by atoms with van der Waals surface area (Å²) in [6.45, 7) is 0. The molecule has 1 aliphatic carbocycles. The molecule has 0 aliphatic heterocycles. The first-order valence-corrected chi connectivity index (χ1v) is 8.07. The van der Waals surface area contributed by atoms with E-state index in [0.29, 0.717) is 29.7 Å². The first-order chi connectivity index (χ1) is 12.0. The standard InChI is InChI=1S/C19H17N3O3/c1-22-11-13-7-6-12(10-16(13)21-22)17(23)20-15-5-3-2-4-14(15)19(8-9-19)18(24)25/h2-7,10-11H,8-9H2,1H3,(H,20,23)(H,24,25). The van der Waals surface area contributed by atoms with E-state index in [9.17, 15) is 14.7 Å². The predicted molar refractivity (Wildman–Crippen MR) is 93.7 cm³/mol. The highest BCUT2D eigenvalue weighted by Gasteiger charge is 2.52. The SMILES string of the molecule is Cn1cc2ccc(C(=O)Nc3ccccc3C3(C(=O)O)CC3)cc2n1. The molecule has 25 heavy (non-hydrogen) atoms. The number of aromatic nitrogens is 2. The lowest BCUT2D eigenvalue weighted by molar-refractivity contribution is -0.140. The predicted octanol–water partition coefficient (Wildman–Crippen LogP) is 2.94. The Balaban J connectivity index is 1.66. The van der Waals surface area contributed by atoms with Crippen LogP contribution in [0.4, 0.5) is 5.69 Å². The molecule has 1 heterocycles. The maximum absolute atomic E-state index is 12.6. The topological polar surface area (TPSA) is 84.2 Å². The molecule has 0 atom stereocenters. The van der Waals surface area contributed by atoms with Crippen LogP contribution in [0.2, 0.25) is 0 Å². The van der Waals surface area contributed by atoms with Crippen molar-refractivity contribution in [3.05, 3.63) is 59.8 Å². The molecule has 1 aliphatic rings. The number of carboxylic acid groups (broad SMARTS) is 1. The van der Waals surface area contributed by atoms with Crippen LogP contribution in [0.3, 0.4) is 0 Å². The Kier molecular flexibility index (Phi) is 3.35. The third kappa shape index (κ3) is 2.55. The molecule has 1 amide bonds. The van der Waals surface area contributed by atoms with Crippen molar-refractivity contribution in [2.75, 3.05) is 5.32 Å². The molecule has 0 saturated heterocycles. The zero-order valence-corrected chi connectivity index (χ0v) is 13.7. The van der Waals surface area contributed by atoms with Gasteiger partial charge in [0, 0.05) is 29.9 Å². The van der Waals surface area contributed by atoms with Gasteiger partial charge in [-0.3, -0.25) is 14.3 Å². The fraction of sp³-hybridized carbons (Fsp3) is 0.211. The molecule has 0 bridgehead atoms. The molecule has 0 radical (unpaired) electrons. The van der Waals surface area contributed by atoms with Gasteiger partial charge in [0.1, 0.15) is 0 Å². The lowest BCUT2D eigenvalue weighted by Gasteiger charge is -2.16. The normalized spacial score (nSPS) is 15.1. The number of carbonyl (C=O) groups excluding carboxylic acids is 1. The zero-order chi connectivity index (χ0) is 17.6. The summed E-state index contributed by atoms with van der Waals surface area (Å²) in [6, 6.07) is 12.4. The number of nitrogens with one attached hydrogen (secondary N) is 1. The first kappa shape index (κ1) is 15.4. The number of hydrogen-bond acceptors (Lipinski definition) is 3. The number of rotatable bonds is 4. The number of anilines is 1. The molecular formula is C19H17N3O3. The minimum Gasteiger partial charge on any atom is -0.481 e. The fourth-order valence-corrected chi connectivity index (χ4v) is 3.21. The van der Waals surface area contributed by atoms with Crippen molar-refractivity contribution in [2.45, 2.75) is 18.3 Å². The van der Waals surface area contributed by atoms with E-state index < -0.39 is 11.4 Å². The van der Waals surface area contributed by atoms with Gasteiger partial charge in [-0.15, -0.1) is 0 Å². The summed E-state index contributed by atoms with van der Waals surface area (Å²) in [7, 11) is 1.83. The van der Waals surface area contributed by atoms with Crippen molar-refractivity contribution < 1.29 is 14.7 Å². The fourth-order valence-electron chi connectivity index (χ4n) is 3.21. The number of amides is 1. The van der Waals surface area contributed by atoms with Crippen LogP contribution < -0.4 is 5.32 Å². The minimum absolute atomic E-state index is 0.277. The summed E-state index contributed by atoms with van der Waals surface area (Å²) in [5.41, 5.74) is 1.58. The largest absolute Gasteiger partial charge is 0.481 e. The molecular weight excluding hydrogens is 318 g/mol. The Hall–Kier alpha value is -3.15. The Bertz CT molecular complexity index is 1000. The van der Waals surface area contributed by atoms with Crippen molar-refractivity contribution in [2.24, 2.45) is 7.05 Å².